The van der Waals surface area contributed by atoms with Gasteiger partial charge in [-0.05, 0) is 47.1 Å². The number of aromatic nitrogens is 1. The van der Waals surface area contributed by atoms with Crippen molar-refractivity contribution < 1.29 is 43.0 Å². The van der Waals surface area contributed by atoms with Crippen LogP contribution in [0.3, 0.4) is 0 Å². The third-order valence-electron chi connectivity index (χ3n) is 5.15. The van der Waals surface area contributed by atoms with Crippen LogP contribution in [0.2, 0.25) is 0 Å². The Morgan fingerprint density at radius 3 is 2.46 bits per heavy atom. The number of hydrogen-bond acceptors (Lipinski definition) is 13. The molecule has 0 saturated carbocycles. The molecule has 2 aliphatic rings. The normalized spacial score (nSPS) is 19.1. The summed E-state index contributed by atoms with van der Waals surface area (Å²) in [5.41, 5.74) is -1.15. The summed E-state index contributed by atoms with van der Waals surface area (Å²) in [4.78, 5) is 73.0. The molecule has 2 aliphatic heterocycles. The first-order valence-corrected chi connectivity index (χ1v) is 14.4. The fourth-order valence-corrected chi connectivity index (χ4v) is 5.70. The van der Waals surface area contributed by atoms with Gasteiger partial charge in [0.15, 0.2) is 10.8 Å². The lowest BCUT2D eigenvalue weighted by atomic mass is 10.0. The van der Waals surface area contributed by atoms with Crippen LogP contribution in [0.5, 0.6) is 0 Å². The maximum Gasteiger partial charge on any atom is 0.355 e. The molecular formula is C25H33N5O9S2. The molecule has 1 aromatic heterocycles. The third kappa shape index (κ3) is 8.27. The van der Waals surface area contributed by atoms with Crippen molar-refractivity contribution in [3.63, 3.8) is 0 Å². The summed E-state index contributed by atoms with van der Waals surface area (Å²) < 4.78 is 15.9. The Bertz CT molecular complexity index is 1260. The first-order valence-electron chi connectivity index (χ1n) is 12.4. The van der Waals surface area contributed by atoms with Crippen molar-refractivity contribution in [2.75, 3.05) is 31.4 Å². The van der Waals surface area contributed by atoms with Crippen LogP contribution in [-0.4, -0.2) is 94.5 Å². The van der Waals surface area contributed by atoms with Crippen LogP contribution in [0.25, 0.3) is 0 Å². The number of thioether (sulfide) groups is 1. The predicted molar refractivity (Wildman–Crippen MR) is 150 cm³/mol. The van der Waals surface area contributed by atoms with E-state index < -0.39 is 53.0 Å². The van der Waals surface area contributed by atoms with E-state index in [1.165, 1.54) is 29.2 Å². The zero-order valence-corrected chi connectivity index (χ0v) is 25.4. The number of carbonyl (C=O) groups excluding carboxylic acids is 5. The highest BCUT2D eigenvalue weighted by atomic mass is 32.2. The molecule has 0 aromatic carbocycles. The van der Waals surface area contributed by atoms with Crippen molar-refractivity contribution in [2.24, 2.45) is 5.16 Å². The second kappa shape index (κ2) is 13.0. The number of amides is 3. The van der Waals surface area contributed by atoms with Crippen molar-refractivity contribution in [2.45, 2.75) is 64.2 Å². The summed E-state index contributed by atoms with van der Waals surface area (Å²) in [5.74, 6) is -2.35. The molecule has 2 atom stereocenters. The van der Waals surface area contributed by atoms with Crippen LogP contribution in [0.15, 0.2) is 21.8 Å². The molecule has 0 spiro atoms. The fraction of sp³-hybridized carbons (Fsp3) is 0.560. The first-order chi connectivity index (χ1) is 19.1. The minimum absolute atomic E-state index is 0.0395. The number of ether oxygens (including phenoxy) is 3. The van der Waals surface area contributed by atoms with Crippen LogP contribution >= 0.6 is 23.1 Å². The van der Waals surface area contributed by atoms with Crippen molar-refractivity contribution in [1.29, 1.82) is 0 Å². The number of methoxy groups -OCH3 is 1. The van der Waals surface area contributed by atoms with Gasteiger partial charge in [0, 0.05) is 18.2 Å². The van der Waals surface area contributed by atoms with Crippen molar-refractivity contribution in [1.82, 2.24) is 15.2 Å². The molecule has 224 valence electrons. The number of esters is 2. The SMILES string of the molecule is COCC1=C(C(=O)OC(C)(C)C)N2C(=O)C(NC(=O)C(=NOCC(=O)OC(C)(C)C)c3csc(NC=O)n3)[C@@H]2SC1. The van der Waals surface area contributed by atoms with E-state index in [1.807, 2.05) is 0 Å². The van der Waals surface area contributed by atoms with Gasteiger partial charge in [-0.3, -0.25) is 19.3 Å². The number of hydrogen-bond donors (Lipinski definition) is 2. The summed E-state index contributed by atoms with van der Waals surface area (Å²) in [6.45, 7) is 9.77. The van der Waals surface area contributed by atoms with E-state index >= 15 is 0 Å². The van der Waals surface area contributed by atoms with Gasteiger partial charge in [-0.15, -0.1) is 23.1 Å². The molecule has 0 bridgehead atoms. The largest absolute Gasteiger partial charge is 0.457 e. The van der Waals surface area contributed by atoms with Crippen molar-refractivity contribution in [3.05, 3.63) is 22.3 Å². The lowest BCUT2D eigenvalue weighted by Gasteiger charge is -2.49. The van der Waals surface area contributed by atoms with Gasteiger partial charge in [0.25, 0.3) is 11.8 Å². The zero-order chi connectivity index (χ0) is 30.5. The van der Waals surface area contributed by atoms with E-state index in [0.717, 1.165) is 11.3 Å². The lowest BCUT2D eigenvalue weighted by Crippen LogP contribution is -2.71. The number of nitrogens with one attached hydrogen (secondary N) is 2. The summed E-state index contributed by atoms with van der Waals surface area (Å²) in [6, 6.07) is -1.00. The van der Waals surface area contributed by atoms with E-state index in [9.17, 15) is 24.0 Å². The van der Waals surface area contributed by atoms with Gasteiger partial charge in [0.1, 0.15) is 34.0 Å². The van der Waals surface area contributed by atoms with E-state index in [0.29, 0.717) is 17.7 Å². The van der Waals surface area contributed by atoms with E-state index in [4.69, 9.17) is 19.0 Å². The quantitative estimate of drug-likeness (QED) is 0.122. The number of nitrogens with zero attached hydrogens (tertiary/aromatic N) is 3. The monoisotopic (exact) mass is 611 g/mol. The van der Waals surface area contributed by atoms with Crippen LogP contribution in [0.4, 0.5) is 5.13 Å². The number of carbonyl (C=O) groups is 5. The molecule has 16 heteroatoms. The predicted octanol–water partition coefficient (Wildman–Crippen LogP) is 1.42. The van der Waals surface area contributed by atoms with E-state index in [1.54, 1.807) is 41.5 Å². The Morgan fingerprint density at radius 1 is 1.17 bits per heavy atom. The first kappa shape index (κ1) is 32.0. The molecule has 1 aromatic rings. The number of anilines is 1. The summed E-state index contributed by atoms with van der Waals surface area (Å²) in [7, 11) is 1.48. The van der Waals surface area contributed by atoms with Gasteiger partial charge < -0.3 is 29.7 Å². The molecule has 2 N–H and O–H groups in total. The Labute approximate surface area is 245 Å². The topological polar surface area (TPSA) is 175 Å². The van der Waals surface area contributed by atoms with E-state index in [2.05, 4.69) is 20.8 Å². The van der Waals surface area contributed by atoms with Gasteiger partial charge in [-0.25, -0.2) is 14.6 Å². The number of rotatable bonds is 11. The summed E-state index contributed by atoms with van der Waals surface area (Å²) in [5, 5.41) is 9.84. The number of thiazole rings is 1. The second-order valence-electron chi connectivity index (χ2n) is 10.8. The van der Waals surface area contributed by atoms with Gasteiger partial charge >= 0.3 is 11.9 Å². The molecule has 1 saturated heterocycles. The Morgan fingerprint density at radius 2 is 1.85 bits per heavy atom. The Balaban J connectivity index is 1.81. The molecule has 14 nitrogen and oxygen atoms in total. The summed E-state index contributed by atoms with van der Waals surface area (Å²) in [6.07, 6.45) is 0.425. The molecule has 3 heterocycles. The lowest BCUT2D eigenvalue weighted by molar-refractivity contribution is -0.160. The molecule has 3 amide bonds. The van der Waals surface area contributed by atoms with Crippen molar-refractivity contribution >= 4 is 64.1 Å². The minimum Gasteiger partial charge on any atom is -0.457 e. The number of β-lactam (4-membered cyclic amide) rings is 1. The standard InChI is InChI=1S/C25H33N5O9S2/c1-24(2,3)38-15(32)9-37-29-16(14-11-41-23(27-14)26-12-31)19(33)28-17-20(34)30-18(22(35)39-25(4,5)6)13(8-36-7)10-40-21(17)30/h11-12,17,21H,8-10H2,1-7H3,(H,28,33)(H,26,27,31)/t17?,21-/m0/s1. The van der Waals surface area contributed by atoms with Crippen LogP contribution in [0, 0.1) is 0 Å². The smallest absolute Gasteiger partial charge is 0.355 e. The zero-order valence-electron chi connectivity index (χ0n) is 23.8. The molecule has 41 heavy (non-hydrogen) atoms. The molecular weight excluding hydrogens is 578 g/mol. The molecule has 3 rings (SSSR count). The highest BCUT2D eigenvalue weighted by Gasteiger charge is 2.55. The van der Waals surface area contributed by atoms with Gasteiger partial charge in [-0.1, -0.05) is 5.16 Å². The van der Waals surface area contributed by atoms with Crippen LogP contribution in [-0.2, 0) is 43.0 Å². The van der Waals surface area contributed by atoms with Gasteiger partial charge in [0.05, 0.1) is 6.61 Å². The van der Waals surface area contributed by atoms with E-state index in [-0.39, 0.29) is 28.8 Å². The van der Waals surface area contributed by atoms with Gasteiger partial charge in [-0.2, -0.15) is 0 Å². The third-order valence-corrected chi connectivity index (χ3v) is 7.26. The Hall–Kier alpha value is -3.50. The maximum atomic E-state index is 13.3. The number of fused-ring (bicyclic) bond motifs is 1. The molecule has 1 fully saturated rings. The number of oxime groups is 1. The van der Waals surface area contributed by atoms with Gasteiger partial charge in [0.2, 0.25) is 13.0 Å². The second-order valence-corrected chi connectivity index (χ2v) is 12.8. The average Bonchev–Trinajstić information content (AvgIpc) is 3.31. The molecule has 0 aliphatic carbocycles. The van der Waals surface area contributed by atoms with Crippen LogP contribution < -0.4 is 10.6 Å². The minimum atomic E-state index is -1.00. The highest BCUT2D eigenvalue weighted by molar-refractivity contribution is 8.00. The average molecular weight is 612 g/mol. The fourth-order valence-electron chi connectivity index (χ4n) is 3.72. The highest BCUT2D eigenvalue weighted by Crippen LogP contribution is 2.41. The maximum absolute atomic E-state index is 13.3. The molecule has 0 radical (unpaired) electrons. The summed E-state index contributed by atoms with van der Waals surface area (Å²) >= 11 is 2.38. The van der Waals surface area contributed by atoms with Crippen LogP contribution in [0.1, 0.15) is 47.2 Å². The molecule has 1 unspecified atom stereocenters. The Kier molecular flexibility index (Phi) is 10.1. The van der Waals surface area contributed by atoms with Crippen molar-refractivity contribution in [3.8, 4) is 0 Å².